The van der Waals surface area contributed by atoms with Crippen LogP contribution in [0.25, 0.3) is 77.6 Å². The largest absolute Gasteiger partial charge is 0.512 e. The van der Waals surface area contributed by atoms with Crippen LogP contribution in [0.3, 0.4) is 0 Å². The van der Waals surface area contributed by atoms with Gasteiger partial charge < -0.3 is 14.5 Å². The fourth-order valence-corrected chi connectivity index (χ4v) is 11.0. The third-order valence-electron chi connectivity index (χ3n) is 13.2. The van der Waals surface area contributed by atoms with Gasteiger partial charge in [-0.25, -0.2) is 4.98 Å². The molecule has 9 rings (SSSR count). The van der Waals surface area contributed by atoms with Crippen molar-refractivity contribution in [1.82, 2.24) is 15.0 Å². The number of hydrogen-bond acceptors (Lipinski definition) is 6. The van der Waals surface area contributed by atoms with Crippen LogP contribution >= 0.6 is 0 Å². The van der Waals surface area contributed by atoms with Crippen LogP contribution in [0.4, 0.5) is 0 Å². The molecule has 9 aromatic rings. The molecule has 3 heterocycles. The van der Waals surface area contributed by atoms with E-state index >= 15 is 0 Å². The summed E-state index contributed by atoms with van der Waals surface area (Å²) in [5, 5.41) is 15.9. The molecule has 367 valence electrons. The van der Waals surface area contributed by atoms with Gasteiger partial charge in [0.05, 0.1) is 27.6 Å². The molecule has 0 aliphatic rings. The molecule has 6 aromatic carbocycles. The van der Waals surface area contributed by atoms with Crippen molar-refractivity contribution in [3.8, 4) is 44.8 Å². The van der Waals surface area contributed by atoms with Gasteiger partial charge in [-0.15, -0.1) is 59.5 Å². The maximum absolute atomic E-state index is 11.7. The minimum Gasteiger partial charge on any atom is -0.512 e. The van der Waals surface area contributed by atoms with Gasteiger partial charge in [0, 0.05) is 49.6 Å². The summed E-state index contributed by atoms with van der Waals surface area (Å²) in [4.78, 5) is 25.3. The van der Waals surface area contributed by atoms with E-state index in [2.05, 4.69) is 157 Å². The van der Waals surface area contributed by atoms with Gasteiger partial charge in [-0.3, -0.25) is 9.78 Å². The minimum absolute atomic E-state index is 0. The molecule has 0 amide bonds. The van der Waals surface area contributed by atoms with Crippen molar-refractivity contribution in [3.63, 3.8) is 0 Å². The average molecular weight is 1150 g/mol. The minimum atomic E-state index is -1.36. The Labute approximate surface area is 437 Å². The van der Waals surface area contributed by atoms with E-state index in [1.807, 2.05) is 82.4 Å². The Balaban J connectivity index is 0.000000189. The second-order valence-corrected chi connectivity index (χ2v) is 30.2. The van der Waals surface area contributed by atoms with Crippen molar-refractivity contribution in [1.29, 1.82) is 0 Å². The standard InChI is InChI=1S/C29H23N2OSi.C20H20NSi.C13H24O2.Ir/c1-33(2,3)22-14-12-19(13-15-22)25-17-21(16-20-8-4-5-9-23(20)25)27-29-28(31-18-30-27)24-10-6-7-11-26(24)32-29;1-22(2,3)19-11-9-16(10-12-19)18-13-14-21-20(15-18)17-7-5-4-6-8-17;1-5-10(6-2)12(14)9-13(15)11(7-3)8-4;/h4-15,17-18H,1-3H3;4-7,9-15H,1-3H3;9-11,14H,5-8H2,1-4H3;/q2*-1;;/b;;12-9-;. The first kappa shape index (κ1) is 54.2. The molecule has 0 atom stereocenters. The molecule has 0 unspecified atom stereocenters. The van der Waals surface area contributed by atoms with E-state index in [0.717, 1.165) is 70.1 Å². The zero-order chi connectivity index (χ0) is 50.0. The van der Waals surface area contributed by atoms with Gasteiger partial charge in [0.1, 0.15) is 23.0 Å². The molecule has 0 fully saturated rings. The van der Waals surface area contributed by atoms with E-state index in [-0.39, 0.29) is 43.5 Å². The first-order chi connectivity index (χ1) is 33.6. The van der Waals surface area contributed by atoms with Crippen LogP contribution in [0, 0.1) is 24.0 Å². The van der Waals surface area contributed by atoms with Crippen molar-refractivity contribution in [2.75, 3.05) is 0 Å². The Morgan fingerprint density at radius 2 is 1.23 bits per heavy atom. The van der Waals surface area contributed by atoms with Gasteiger partial charge >= 0.3 is 0 Å². The smallest absolute Gasteiger partial charge is 0.162 e. The number of carbonyl (C=O) groups excluding carboxylic acids is 1. The Bertz CT molecular complexity index is 3200. The summed E-state index contributed by atoms with van der Waals surface area (Å²) < 4.78 is 6.21. The van der Waals surface area contributed by atoms with Gasteiger partial charge in [0.25, 0.3) is 0 Å². The summed E-state index contributed by atoms with van der Waals surface area (Å²) >= 11 is 0. The first-order valence-corrected chi connectivity index (χ1v) is 31.8. The number of fused-ring (bicyclic) bond motifs is 4. The molecule has 1 N–H and O–H groups in total. The number of aliphatic hydroxyl groups excluding tert-OH is 1. The van der Waals surface area contributed by atoms with Gasteiger partial charge in [0.15, 0.2) is 5.78 Å². The second kappa shape index (κ2) is 24.3. The summed E-state index contributed by atoms with van der Waals surface area (Å²) in [6.07, 6.45) is 8.40. The SMILES string of the molecule is CCC(CC)C(=O)/C=C(\O)C(CC)CC.C[Si](C)(C)c1ccc(-c2cc(-c3ncnc4c3oc3ccccc34)[c-]c3ccccc23)cc1.C[Si](C)(C)c1ccc(-c2ccnc(-c3[c-]cccc3)c2)cc1.[Ir]. The quantitative estimate of drug-likeness (QED) is 0.0535. The number of nitrogens with zero attached hydrogens (tertiary/aromatic N) is 3. The number of furan rings is 1. The van der Waals surface area contributed by atoms with Crippen LogP contribution in [-0.2, 0) is 24.9 Å². The fraction of sp³-hybridized carbons (Fsp3) is 0.258. The molecular formula is C62H67IrN3O3Si2-2. The Morgan fingerprint density at radius 3 is 1.83 bits per heavy atom. The van der Waals surface area contributed by atoms with E-state index < -0.39 is 16.1 Å². The summed E-state index contributed by atoms with van der Waals surface area (Å²) in [6, 6.07) is 55.6. The zero-order valence-corrected chi connectivity index (χ0v) is 47.3. The number of aliphatic hydroxyl groups is 1. The summed E-state index contributed by atoms with van der Waals surface area (Å²) in [7, 11) is -2.60. The van der Waals surface area contributed by atoms with E-state index in [0.29, 0.717) is 5.58 Å². The van der Waals surface area contributed by atoms with Gasteiger partial charge in [-0.1, -0.05) is 179 Å². The second-order valence-electron chi connectivity index (χ2n) is 20.0. The van der Waals surface area contributed by atoms with Crippen molar-refractivity contribution in [2.45, 2.75) is 92.7 Å². The van der Waals surface area contributed by atoms with Crippen molar-refractivity contribution < 1.29 is 34.4 Å². The first-order valence-electron chi connectivity index (χ1n) is 24.8. The van der Waals surface area contributed by atoms with Crippen LogP contribution in [0.2, 0.25) is 39.3 Å². The van der Waals surface area contributed by atoms with E-state index in [1.54, 1.807) is 6.33 Å². The number of carbonyl (C=O) groups is 1. The molecule has 9 heteroatoms. The Kier molecular flexibility index (Phi) is 18.6. The van der Waals surface area contributed by atoms with Crippen LogP contribution < -0.4 is 10.4 Å². The molecule has 6 nitrogen and oxygen atoms in total. The van der Waals surface area contributed by atoms with Gasteiger partial charge in [-0.05, 0) is 66.3 Å². The molecule has 71 heavy (non-hydrogen) atoms. The maximum atomic E-state index is 11.7. The summed E-state index contributed by atoms with van der Waals surface area (Å²) in [6.45, 7) is 22.3. The normalized spacial score (nSPS) is 11.8. The van der Waals surface area contributed by atoms with Crippen molar-refractivity contribution in [2.24, 2.45) is 11.8 Å². The van der Waals surface area contributed by atoms with E-state index in [1.165, 1.54) is 44.1 Å². The Hall–Kier alpha value is -6.10. The van der Waals surface area contributed by atoms with Crippen LogP contribution in [0.5, 0.6) is 0 Å². The Morgan fingerprint density at radius 1 is 0.634 bits per heavy atom. The predicted molar refractivity (Wildman–Crippen MR) is 300 cm³/mol. The fourth-order valence-electron chi connectivity index (χ4n) is 8.71. The monoisotopic (exact) mass is 1150 g/mol. The zero-order valence-electron chi connectivity index (χ0n) is 42.9. The topological polar surface area (TPSA) is 89.1 Å². The number of benzene rings is 6. The van der Waals surface area contributed by atoms with Crippen molar-refractivity contribution in [3.05, 3.63) is 176 Å². The third-order valence-corrected chi connectivity index (χ3v) is 17.3. The molecule has 3 aromatic heterocycles. The molecule has 0 saturated carbocycles. The number of hydrogen-bond donors (Lipinski definition) is 1. The number of allylic oxidation sites excluding steroid dienone is 2. The predicted octanol–water partition coefficient (Wildman–Crippen LogP) is 15.8. The molecule has 0 aliphatic carbocycles. The number of para-hydroxylation sites is 1. The maximum Gasteiger partial charge on any atom is 0.162 e. The number of ketones is 1. The number of pyridine rings is 1. The molecule has 0 aliphatic heterocycles. The average Bonchev–Trinajstić information content (AvgIpc) is 3.76. The van der Waals surface area contributed by atoms with E-state index in [9.17, 15) is 9.90 Å². The van der Waals surface area contributed by atoms with Gasteiger partial charge in [0.2, 0.25) is 0 Å². The number of rotatable bonds is 13. The molecule has 0 spiro atoms. The van der Waals surface area contributed by atoms with Crippen LogP contribution in [0.15, 0.2) is 168 Å². The van der Waals surface area contributed by atoms with Gasteiger partial charge in [-0.2, -0.15) is 0 Å². The molecule has 0 bridgehead atoms. The van der Waals surface area contributed by atoms with E-state index in [4.69, 9.17) is 4.42 Å². The van der Waals surface area contributed by atoms with Crippen molar-refractivity contribution >= 4 is 65.1 Å². The summed E-state index contributed by atoms with van der Waals surface area (Å²) in [5.41, 5.74) is 10.8. The molecular weight excluding hydrogens is 1080 g/mol. The molecule has 1 radical (unpaired) electrons. The molecule has 0 saturated heterocycles. The van der Waals surface area contributed by atoms with Crippen LogP contribution in [0.1, 0.15) is 53.4 Å². The summed E-state index contributed by atoms with van der Waals surface area (Å²) in [5.74, 6) is 0.547. The van der Waals surface area contributed by atoms with Crippen LogP contribution in [-0.4, -0.2) is 42.0 Å². The third kappa shape index (κ3) is 13.3. The number of aromatic nitrogens is 3.